The summed E-state index contributed by atoms with van der Waals surface area (Å²) >= 11 is 0. The van der Waals surface area contributed by atoms with Gasteiger partial charge in [-0.3, -0.25) is 0 Å². The minimum atomic E-state index is -0.520. The van der Waals surface area contributed by atoms with Crippen molar-refractivity contribution in [1.82, 2.24) is 4.57 Å². The molecule has 1 heterocycles. The van der Waals surface area contributed by atoms with Crippen LogP contribution in [0.4, 0.5) is 0 Å². The highest BCUT2D eigenvalue weighted by molar-refractivity contribution is 6.10. The van der Waals surface area contributed by atoms with Gasteiger partial charge in [-0.1, -0.05) is 118 Å². The summed E-state index contributed by atoms with van der Waals surface area (Å²) in [6.45, 7) is 6.35. The Labute approximate surface area is 221 Å². The Balaban J connectivity index is 1.83. The van der Waals surface area contributed by atoms with E-state index in [4.69, 9.17) is 13.7 Å². The molecular formula is C34H29N. The predicted octanol–water partition coefficient (Wildman–Crippen LogP) is 9.42. The highest BCUT2D eigenvalue weighted by Gasteiger charge is 2.22. The second-order valence-corrected chi connectivity index (χ2v) is 9.57. The Morgan fingerprint density at radius 3 is 1.77 bits per heavy atom. The second kappa shape index (κ2) is 8.29. The summed E-state index contributed by atoms with van der Waals surface area (Å²) in [5.74, 6) is 0. The third-order valence-electron chi connectivity index (χ3n) is 6.26. The lowest BCUT2D eigenvalue weighted by Crippen LogP contribution is -2.13. The Bertz CT molecular complexity index is 2060. The first-order valence-corrected chi connectivity index (χ1v) is 11.5. The molecule has 0 radical (unpaired) electrons. The molecule has 6 rings (SSSR count). The molecule has 1 heteroatoms. The van der Waals surface area contributed by atoms with Crippen LogP contribution >= 0.6 is 0 Å². The van der Waals surface area contributed by atoms with Crippen LogP contribution in [0.15, 0.2) is 121 Å². The van der Waals surface area contributed by atoms with Crippen molar-refractivity contribution in [2.24, 2.45) is 0 Å². The molecule has 0 unspecified atom stereocenters. The van der Waals surface area contributed by atoms with E-state index in [1.807, 2.05) is 41.0 Å². The molecule has 170 valence electrons. The number of rotatable bonds is 3. The van der Waals surface area contributed by atoms with Crippen molar-refractivity contribution < 1.29 is 13.7 Å². The van der Waals surface area contributed by atoms with Crippen LogP contribution in [0.3, 0.4) is 0 Å². The van der Waals surface area contributed by atoms with Gasteiger partial charge in [-0.25, -0.2) is 0 Å². The summed E-state index contributed by atoms with van der Waals surface area (Å²) in [7, 11) is 0. The minimum Gasteiger partial charge on any atom is -0.309 e. The first-order chi connectivity index (χ1) is 21.1. The zero-order chi connectivity index (χ0) is 32.7. The quantitative estimate of drug-likeness (QED) is 0.247. The van der Waals surface area contributed by atoms with Crippen molar-refractivity contribution in [3.63, 3.8) is 0 Å². The van der Waals surface area contributed by atoms with Gasteiger partial charge in [0.15, 0.2) is 0 Å². The SMILES string of the molecule is [2H]c1c([2H])c([2H])c(-c2cc(-c3c([2H])c([2H])c([2H])c([2H])c3[2H])cc(-n3c4ccccc4c4cccc(C(C)(C)C)c43)c2)c([2H])c1[2H]. The second-order valence-electron chi connectivity index (χ2n) is 9.57. The van der Waals surface area contributed by atoms with Gasteiger partial charge in [-0.2, -0.15) is 0 Å². The molecule has 0 fully saturated rings. The van der Waals surface area contributed by atoms with Crippen LogP contribution in [-0.4, -0.2) is 4.57 Å². The average molecular weight is 462 g/mol. The topological polar surface area (TPSA) is 4.93 Å². The Hall–Kier alpha value is -4.10. The molecular weight excluding hydrogens is 422 g/mol. The van der Waals surface area contributed by atoms with Crippen LogP contribution in [0, 0.1) is 0 Å². The van der Waals surface area contributed by atoms with Crippen LogP contribution in [0.25, 0.3) is 49.7 Å². The number of aromatic nitrogens is 1. The van der Waals surface area contributed by atoms with Crippen molar-refractivity contribution in [2.45, 2.75) is 26.2 Å². The molecule has 1 aromatic heterocycles. The smallest absolute Gasteiger partial charge is 0.0629 e. The summed E-state index contributed by atoms with van der Waals surface area (Å²) in [4.78, 5) is 0. The summed E-state index contributed by atoms with van der Waals surface area (Å²) in [5, 5.41) is 1.98. The van der Waals surface area contributed by atoms with Gasteiger partial charge in [0.05, 0.1) is 24.7 Å². The maximum atomic E-state index is 8.71. The molecule has 0 aliphatic heterocycles. The van der Waals surface area contributed by atoms with E-state index in [1.54, 1.807) is 12.1 Å². The zero-order valence-electron chi connectivity index (χ0n) is 29.7. The van der Waals surface area contributed by atoms with Crippen LogP contribution in [0.1, 0.15) is 40.0 Å². The molecule has 1 nitrogen and oxygen atoms in total. The Morgan fingerprint density at radius 2 is 1.17 bits per heavy atom. The molecule has 35 heavy (non-hydrogen) atoms. The van der Waals surface area contributed by atoms with Gasteiger partial charge in [0, 0.05) is 16.5 Å². The average Bonchev–Trinajstić information content (AvgIpc) is 3.35. The number of fused-ring (bicyclic) bond motifs is 3. The first kappa shape index (κ1) is 13.1. The fourth-order valence-corrected chi connectivity index (χ4v) is 4.71. The first-order valence-electron chi connectivity index (χ1n) is 16.5. The maximum Gasteiger partial charge on any atom is 0.0629 e. The van der Waals surface area contributed by atoms with E-state index in [-0.39, 0.29) is 27.7 Å². The number of hydrogen-bond acceptors (Lipinski definition) is 0. The van der Waals surface area contributed by atoms with Crippen molar-refractivity contribution in [3.05, 3.63) is 127 Å². The van der Waals surface area contributed by atoms with Gasteiger partial charge in [0.2, 0.25) is 0 Å². The maximum absolute atomic E-state index is 8.71. The fourth-order valence-electron chi connectivity index (χ4n) is 4.71. The molecule has 0 N–H and O–H groups in total. The van der Waals surface area contributed by atoms with Crippen molar-refractivity contribution in [3.8, 4) is 27.9 Å². The van der Waals surface area contributed by atoms with Crippen molar-refractivity contribution >= 4 is 21.8 Å². The lowest BCUT2D eigenvalue weighted by Gasteiger charge is -2.22. The van der Waals surface area contributed by atoms with Crippen LogP contribution in [0.2, 0.25) is 0 Å². The normalized spacial score (nSPS) is 15.9. The van der Waals surface area contributed by atoms with E-state index in [0.717, 1.165) is 27.4 Å². The van der Waals surface area contributed by atoms with E-state index in [0.29, 0.717) is 5.69 Å². The van der Waals surface area contributed by atoms with E-state index < -0.39 is 60.4 Å². The third-order valence-corrected chi connectivity index (χ3v) is 6.26. The Morgan fingerprint density at radius 1 is 0.600 bits per heavy atom. The van der Waals surface area contributed by atoms with E-state index in [1.165, 1.54) is 6.07 Å². The number of hydrogen-bond donors (Lipinski definition) is 0. The van der Waals surface area contributed by atoms with Crippen molar-refractivity contribution in [2.75, 3.05) is 0 Å². The van der Waals surface area contributed by atoms with Gasteiger partial charge in [-0.05, 0) is 57.5 Å². The lowest BCUT2D eigenvalue weighted by atomic mass is 9.85. The standard InChI is InChI=1S/C34H29N/c1-34(2,3)31-19-12-18-30-29-17-10-11-20-32(29)35(33(30)31)28-22-26(24-13-6-4-7-14-24)21-27(23-28)25-15-8-5-9-16-25/h4-23H,1-3H3/i4D,5D,6D,7D,8D,9D,13D,14D,15D,16D. The molecule has 5 aromatic carbocycles. The molecule has 0 bridgehead atoms. The molecule has 0 amide bonds. The molecule has 0 saturated heterocycles. The van der Waals surface area contributed by atoms with Gasteiger partial charge < -0.3 is 4.57 Å². The molecule has 0 spiro atoms. The van der Waals surface area contributed by atoms with Gasteiger partial charge >= 0.3 is 0 Å². The van der Waals surface area contributed by atoms with Crippen LogP contribution in [0.5, 0.6) is 0 Å². The van der Waals surface area contributed by atoms with Gasteiger partial charge in [0.25, 0.3) is 0 Å². The number of benzene rings is 5. The highest BCUT2D eigenvalue weighted by Crippen LogP contribution is 2.40. The highest BCUT2D eigenvalue weighted by atomic mass is 15.0. The summed E-state index contributed by atoms with van der Waals surface area (Å²) in [6, 6.07) is 14.4. The number of nitrogens with zero attached hydrogens (tertiary/aromatic N) is 1. The largest absolute Gasteiger partial charge is 0.309 e. The van der Waals surface area contributed by atoms with Crippen molar-refractivity contribution in [1.29, 1.82) is 0 Å². The minimum absolute atomic E-state index is 0.0479. The van der Waals surface area contributed by atoms with E-state index in [9.17, 15) is 0 Å². The molecule has 0 aliphatic carbocycles. The lowest BCUT2D eigenvalue weighted by molar-refractivity contribution is 0.594. The monoisotopic (exact) mass is 461 g/mol. The summed E-state index contributed by atoms with van der Waals surface area (Å²) in [6.07, 6.45) is 0. The van der Waals surface area contributed by atoms with Gasteiger partial charge in [0.1, 0.15) is 0 Å². The molecule has 0 atom stereocenters. The van der Waals surface area contributed by atoms with Crippen LogP contribution < -0.4 is 0 Å². The van der Waals surface area contributed by atoms with Crippen LogP contribution in [-0.2, 0) is 5.41 Å². The van der Waals surface area contributed by atoms with Gasteiger partial charge in [-0.15, -0.1) is 0 Å². The summed E-state index contributed by atoms with van der Waals surface area (Å²) in [5.41, 5.74) is 3.51. The molecule has 0 saturated carbocycles. The number of para-hydroxylation sites is 2. The molecule has 6 aromatic rings. The zero-order valence-corrected chi connectivity index (χ0v) is 19.7. The third kappa shape index (κ3) is 3.74. The summed E-state index contributed by atoms with van der Waals surface area (Å²) < 4.78 is 86.4. The predicted molar refractivity (Wildman–Crippen MR) is 150 cm³/mol. The van der Waals surface area contributed by atoms with E-state index in [2.05, 4.69) is 26.8 Å². The van der Waals surface area contributed by atoms with E-state index >= 15 is 0 Å². The Kier molecular flexibility index (Phi) is 3.10. The molecule has 0 aliphatic rings. The fraction of sp³-hybridized carbons (Fsp3) is 0.118.